The van der Waals surface area contributed by atoms with E-state index >= 15 is 0 Å². The van der Waals surface area contributed by atoms with Gasteiger partial charge in [0.05, 0.1) is 23.2 Å². The van der Waals surface area contributed by atoms with Crippen LogP contribution in [0.4, 0.5) is 5.69 Å². The molecule has 0 aliphatic carbocycles. The molecule has 0 saturated heterocycles. The molecule has 0 bridgehead atoms. The van der Waals surface area contributed by atoms with Crippen molar-refractivity contribution < 1.29 is 9.53 Å². The average molecular weight is 462 g/mol. The van der Waals surface area contributed by atoms with E-state index in [0.717, 1.165) is 41.1 Å². The summed E-state index contributed by atoms with van der Waals surface area (Å²) in [6.07, 6.45) is 1.65. The lowest BCUT2D eigenvalue weighted by molar-refractivity contribution is 0.102. The van der Waals surface area contributed by atoms with Gasteiger partial charge >= 0.3 is 0 Å². The van der Waals surface area contributed by atoms with Crippen molar-refractivity contribution in [3.05, 3.63) is 120 Å². The Kier molecular flexibility index (Phi) is 6.57. The molecule has 1 aromatic heterocycles. The van der Waals surface area contributed by atoms with E-state index in [0.29, 0.717) is 17.9 Å². The number of aromatic nitrogens is 2. The molecule has 1 amide bonds. The van der Waals surface area contributed by atoms with Crippen LogP contribution in [0.2, 0.25) is 0 Å². The highest BCUT2D eigenvalue weighted by Crippen LogP contribution is 2.23. The van der Waals surface area contributed by atoms with Crippen LogP contribution in [-0.2, 0) is 12.8 Å². The highest BCUT2D eigenvalue weighted by molar-refractivity contribution is 6.06. The quantitative estimate of drug-likeness (QED) is 0.288. The second-order valence-corrected chi connectivity index (χ2v) is 8.27. The Hall–Kier alpha value is -4.38. The third-order valence-corrected chi connectivity index (χ3v) is 5.93. The number of anilines is 1. The molecule has 0 unspecified atom stereocenters. The van der Waals surface area contributed by atoms with Gasteiger partial charge in [-0.1, -0.05) is 54.6 Å². The number of rotatable bonds is 8. The van der Waals surface area contributed by atoms with E-state index in [9.17, 15) is 4.79 Å². The van der Waals surface area contributed by atoms with Gasteiger partial charge in [-0.05, 0) is 67.4 Å². The van der Waals surface area contributed by atoms with Crippen molar-refractivity contribution in [1.29, 1.82) is 0 Å². The largest absolute Gasteiger partial charge is 0.493 e. The summed E-state index contributed by atoms with van der Waals surface area (Å²) in [4.78, 5) is 17.7. The molecule has 0 radical (unpaired) electrons. The second kappa shape index (κ2) is 10.3. The normalized spacial score (nSPS) is 10.9. The van der Waals surface area contributed by atoms with Crippen molar-refractivity contribution in [1.82, 2.24) is 9.55 Å². The minimum atomic E-state index is -0.182. The first kappa shape index (κ1) is 22.4. The summed E-state index contributed by atoms with van der Waals surface area (Å²) < 4.78 is 7.82. The molecule has 5 aromatic rings. The Morgan fingerprint density at radius 3 is 2.34 bits per heavy atom. The number of imidazole rings is 1. The Labute approximate surface area is 205 Å². The molecule has 0 aliphatic rings. The van der Waals surface area contributed by atoms with Gasteiger partial charge in [0.1, 0.15) is 11.6 Å². The number of hydrogen-bond donors (Lipinski definition) is 1. The van der Waals surface area contributed by atoms with Gasteiger partial charge < -0.3 is 10.1 Å². The molecule has 0 saturated carbocycles. The molecular weight excluding hydrogens is 434 g/mol. The molecule has 35 heavy (non-hydrogen) atoms. The zero-order chi connectivity index (χ0) is 24.0. The van der Waals surface area contributed by atoms with Crippen LogP contribution in [0.1, 0.15) is 28.7 Å². The second-order valence-electron chi connectivity index (χ2n) is 8.27. The monoisotopic (exact) mass is 461 g/mol. The average Bonchev–Trinajstić information content (AvgIpc) is 3.28. The number of carbonyl (C=O) groups excluding carboxylic acids is 1. The lowest BCUT2D eigenvalue weighted by atomic mass is 10.1. The smallest absolute Gasteiger partial charge is 0.259 e. The molecule has 0 aliphatic heterocycles. The molecule has 174 valence electrons. The number of amides is 1. The lowest BCUT2D eigenvalue weighted by Crippen LogP contribution is -2.13. The third kappa shape index (κ3) is 4.94. The molecule has 1 N–H and O–H groups in total. The number of aryl methyl sites for hydroxylation is 2. The summed E-state index contributed by atoms with van der Waals surface area (Å²) in [5.41, 5.74) is 5.68. The number of benzene rings is 4. The van der Waals surface area contributed by atoms with Gasteiger partial charge in [0.25, 0.3) is 5.91 Å². The maximum Gasteiger partial charge on any atom is 0.259 e. The van der Waals surface area contributed by atoms with Crippen molar-refractivity contribution in [3.8, 4) is 11.4 Å². The number of ether oxygens (including phenoxy) is 1. The van der Waals surface area contributed by atoms with Crippen molar-refractivity contribution >= 4 is 22.6 Å². The molecule has 5 nitrogen and oxygen atoms in total. The molecule has 0 atom stereocenters. The summed E-state index contributed by atoms with van der Waals surface area (Å²) in [7, 11) is 0. The van der Waals surface area contributed by atoms with Crippen LogP contribution >= 0.6 is 0 Å². The fourth-order valence-electron chi connectivity index (χ4n) is 4.25. The van der Waals surface area contributed by atoms with Crippen LogP contribution in [0.25, 0.3) is 16.7 Å². The highest BCUT2D eigenvalue weighted by atomic mass is 16.5. The maximum atomic E-state index is 12.8. The minimum Gasteiger partial charge on any atom is -0.493 e. The third-order valence-electron chi connectivity index (χ3n) is 5.93. The molecule has 5 rings (SSSR count). The van der Waals surface area contributed by atoms with Crippen molar-refractivity contribution in [2.45, 2.75) is 19.8 Å². The summed E-state index contributed by atoms with van der Waals surface area (Å²) in [6, 6.07) is 33.9. The Balaban J connectivity index is 1.30. The molecule has 4 aromatic carbocycles. The van der Waals surface area contributed by atoms with Crippen LogP contribution in [-0.4, -0.2) is 22.1 Å². The van der Waals surface area contributed by atoms with E-state index in [1.54, 1.807) is 6.07 Å². The van der Waals surface area contributed by atoms with E-state index in [1.807, 2.05) is 67.6 Å². The van der Waals surface area contributed by atoms with Gasteiger partial charge in [-0.2, -0.15) is 0 Å². The van der Waals surface area contributed by atoms with Gasteiger partial charge in [-0.15, -0.1) is 0 Å². The number of fused-ring (bicyclic) bond motifs is 1. The van der Waals surface area contributed by atoms with Gasteiger partial charge in [0, 0.05) is 17.8 Å². The van der Waals surface area contributed by atoms with Crippen LogP contribution < -0.4 is 10.1 Å². The summed E-state index contributed by atoms with van der Waals surface area (Å²) in [5.74, 6) is 1.44. The molecular formula is C30H27N3O2. The fourth-order valence-corrected chi connectivity index (χ4v) is 4.25. The van der Waals surface area contributed by atoms with Crippen molar-refractivity contribution in [2.75, 3.05) is 11.9 Å². The van der Waals surface area contributed by atoms with Crippen LogP contribution in [0, 0.1) is 0 Å². The van der Waals surface area contributed by atoms with Crippen molar-refractivity contribution in [2.24, 2.45) is 0 Å². The molecule has 1 heterocycles. The first-order valence-electron chi connectivity index (χ1n) is 11.9. The number of carbonyl (C=O) groups is 1. The number of para-hydroxylation sites is 4. The van der Waals surface area contributed by atoms with E-state index in [-0.39, 0.29) is 5.91 Å². The molecule has 0 spiro atoms. The number of hydrogen-bond acceptors (Lipinski definition) is 3. The van der Waals surface area contributed by atoms with E-state index in [4.69, 9.17) is 9.72 Å². The van der Waals surface area contributed by atoms with E-state index < -0.39 is 0 Å². The zero-order valence-corrected chi connectivity index (χ0v) is 19.6. The van der Waals surface area contributed by atoms with Gasteiger partial charge in [-0.3, -0.25) is 9.36 Å². The van der Waals surface area contributed by atoms with Gasteiger partial charge in [0.15, 0.2) is 0 Å². The molecule has 5 heteroatoms. The van der Waals surface area contributed by atoms with Gasteiger partial charge in [-0.25, -0.2) is 4.98 Å². The summed E-state index contributed by atoms with van der Waals surface area (Å²) in [6.45, 7) is 2.42. The van der Waals surface area contributed by atoms with Crippen LogP contribution in [0.5, 0.6) is 5.75 Å². The SMILES string of the molecule is CCOc1ccccc1C(=O)Nc1ccc(CCc2nc3ccccc3n2-c2ccccc2)cc1. The zero-order valence-electron chi connectivity index (χ0n) is 19.6. The maximum absolute atomic E-state index is 12.8. The number of nitrogens with one attached hydrogen (secondary N) is 1. The van der Waals surface area contributed by atoms with Crippen LogP contribution in [0.15, 0.2) is 103 Å². The first-order valence-corrected chi connectivity index (χ1v) is 11.9. The standard InChI is InChI=1S/C30H27N3O2/c1-2-35-28-15-9-6-12-25(28)30(34)31-23-19-16-22(17-20-23)18-21-29-32-26-13-7-8-14-27(26)33(29)24-10-4-3-5-11-24/h3-17,19-20H,2,18,21H2,1H3,(H,31,34). The summed E-state index contributed by atoms with van der Waals surface area (Å²) >= 11 is 0. The highest BCUT2D eigenvalue weighted by Gasteiger charge is 2.14. The minimum absolute atomic E-state index is 0.182. The van der Waals surface area contributed by atoms with E-state index in [2.05, 4.69) is 46.3 Å². The topological polar surface area (TPSA) is 56.1 Å². The first-order chi connectivity index (χ1) is 17.2. The Bertz CT molecular complexity index is 1440. The van der Waals surface area contributed by atoms with E-state index in [1.165, 1.54) is 5.56 Å². The molecule has 0 fully saturated rings. The Morgan fingerprint density at radius 2 is 1.54 bits per heavy atom. The van der Waals surface area contributed by atoms with Crippen molar-refractivity contribution in [3.63, 3.8) is 0 Å². The fraction of sp³-hybridized carbons (Fsp3) is 0.133. The predicted octanol–water partition coefficient (Wildman–Crippen LogP) is 6.46. The Morgan fingerprint density at radius 1 is 0.829 bits per heavy atom. The van der Waals surface area contributed by atoms with Crippen LogP contribution in [0.3, 0.4) is 0 Å². The summed E-state index contributed by atoms with van der Waals surface area (Å²) in [5, 5.41) is 2.97. The lowest BCUT2D eigenvalue weighted by Gasteiger charge is -2.11. The predicted molar refractivity (Wildman–Crippen MR) is 140 cm³/mol. The van der Waals surface area contributed by atoms with Gasteiger partial charge in [0.2, 0.25) is 0 Å². The number of nitrogens with zero attached hydrogens (tertiary/aromatic N) is 2.